The van der Waals surface area contributed by atoms with Crippen LogP contribution in [0.2, 0.25) is 0 Å². The molecule has 2 aromatic heterocycles. The van der Waals surface area contributed by atoms with E-state index in [2.05, 4.69) is 0 Å². The number of benzene rings is 3. The number of esters is 3. The first kappa shape index (κ1) is 26.6. The van der Waals surface area contributed by atoms with Crippen LogP contribution in [0.4, 0.5) is 0 Å². The van der Waals surface area contributed by atoms with Crippen molar-refractivity contribution < 1.29 is 42.5 Å². The van der Waals surface area contributed by atoms with Gasteiger partial charge in [0.15, 0.2) is 0 Å². The highest BCUT2D eigenvalue weighted by Gasteiger charge is 2.35. The molecule has 0 radical (unpaired) electrons. The lowest BCUT2D eigenvalue weighted by Crippen LogP contribution is -2.21. The third-order valence-corrected chi connectivity index (χ3v) is 7.09. The van der Waals surface area contributed by atoms with Crippen LogP contribution in [0.3, 0.4) is 0 Å². The van der Waals surface area contributed by atoms with E-state index < -0.39 is 29.3 Å². The normalized spacial score (nSPS) is 14.2. The first-order valence-electron chi connectivity index (χ1n) is 12.8. The number of methoxy groups -OCH3 is 2. The number of carbonyl (C=O) groups is 3. The van der Waals surface area contributed by atoms with Crippen molar-refractivity contribution in [2.75, 3.05) is 14.2 Å². The molecule has 210 valence electrons. The van der Waals surface area contributed by atoms with Crippen molar-refractivity contribution in [3.8, 4) is 33.9 Å². The second-order valence-electron chi connectivity index (χ2n) is 9.57. The highest BCUT2D eigenvalue weighted by Crippen LogP contribution is 2.46. The van der Waals surface area contributed by atoms with Crippen LogP contribution in [0, 0.1) is 0 Å². The number of phenolic OH excluding ortho intramolecular Hbond substituents is 1. The molecule has 1 atom stereocenters. The lowest BCUT2D eigenvalue weighted by molar-refractivity contribution is -0.135. The van der Waals surface area contributed by atoms with E-state index in [0.717, 1.165) is 0 Å². The number of furan rings is 1. The van der Waals surface area contributed by atoms with Crippen molar-refractivity contribution in [3.63, 3.8) is 0 Å². The molecule has 1 aliphatic rings. The van der Waals surface area contributed by atoms with Crippen LogP contribution in [-0.2, 0) is 14.3 Å². The number of carbonyl (C=O) groups excluding carboxylic acids is 3. The van der Waals surface area contributed by atoms with Crippen molar-refractivity contribution >= 4 is 28.9 Å². The maximum atomic E-state index is 13.5. The summed E-state index contributed by atoms with van der Waals surface area (Å²) >= 11 is 0. The third-order valence-electron chi connectivity index (χ3n) is 7.09. The fourth-order valence-corrected chi connectivity index (χ4v) is 5.13. The fraction of sp³-hybridized carbons (Fsp3) is 0.125. The monoisotopic (exact) mass is 566 g/mol. The van der Waals surface area contributed by atoms with E-state index in [1.165, 1.54) is 44.7 Å². The lowest BCUT2D eigenvalue weighted by Gasteiger charge is -2.24. The Morgan fingerprint density at radius 2 is 1.57 bits per heavy atom. The first-order chi connectivity index (χ1) is 20.3. The van der Waals surface area contributed by atoms with Gasteiger partial charge in [0.05, 0.1) is 43.2 Å². The summed E-state index contributed by atoms with van der Waals surface area (Å²) in [6.07, 6.45) is 1.17. The molecule has 6 rings (SSSR count). The summed E-state index contributed by atoms with van der Waals surface area (Å²) in [7, 11) is 2.45. The van der Waals surface area contributed by atoms with Gasteiger partial charge < -0.3 is 28.2 Å². The maximum absolute atomic E-state index is 13.5. The zero-order chi connectivity index (χ0) is 29.5. The molecule has 0 aliphatic carbocycles. The summed E-state index contributed by atoms with van der Waals surface area (Å²) in [5.74, 6) is -2.37. The van der Waals surface area contributed by atoms with Crippen LogP contribution in [-0.4, -0.2) is 37.2 Å². The van der Waals surface area contributed by atoms with Crippen LogP contribution in [0.5, 0.6) is 11.5 Å². The first-order valence-corrected chi connectivity index (χ1v) is 12.8. The predicted octanol–water partition coefficient (Wildman–Crippen LogP) is 5.44. The van der Waals surface area contributed by atoms with Crippen molar-refractivity contribution in [1.29, 1.82) is 0 Å². The molecule has 0 saturated heterocycles. The molecule has 0 spiro atoms. The molecule has 3 aromatic carbocycles. The number of aromatic hydroxyl groups is 1. The molecule has 0 unspecified atom stereocenters. The van der Waals surface area contributed by atoms with Gasteiger partial charge in [-0.15, -0.1) is 0 Å². The fourth-order valence-electron chi connectivity index (χ4n) is 5.13. The summed E-state index contributed by atoms with van der Waals surface area (Å²) in [5, 5.41) is 10.8. The van der Waals surface area contributed by atoms with Gasteiger partial charge in [-0.2, -0.15) is 0 Å². The van der Waals surface area contributed by atoms with Gasteiger partial charge >= 0.3 is 17.9 Å². The van der Waals surface area contributed by atoms with Crippen LogP contribution >= 0.6 is 0 Å². The summed E-state index contributed by atoms with van der Waals surface area (Å²) in [6, 6.07) is 17.7. The number of hydrogen-bond acceptors (Lipinski definition) is 10. The quantitative estimate of drug-likeness (QED) is 0.216. The van der Waals surface area contributed by atoms with Gasteiger partial charge in [-0.3, -0.25) is 9.59 Å². The Morgan fingerprint density at radius 1 is 0.881 bits per heavy atom. The molecule has 3 heterocycles. The van der Waals surface area contributed by atoms with E-state index in [0.29, 0.717) is 22.5 Å². The van der Waals surface area contributed by atoms with Crippen molar-refractivity contribution in [2.45, 2.75) is 12.3 Å². The van der Waals surface area contributed by atoms with Crippen LogP contribution in [0.25, 0.3) is 33.4 Å². The van der Waals surface area contributed by atoms with Crippen molar-refractivity contribution in [1.82, 2.24) is 0 Å². The van der Waals surface area contributed by atoms with Gasteiger partial charge in [0.1, 0.15) is 40.3 Å². The number of fused-ring (bicyclic) bond motifs is 3. The topological polar surface area (TPSA) is 142 Å². The van der Waals surface area contributed by atoms with Crippen LogP contribution in [0.1, 0.15) is 44.4 Å². The summed E-state index contributed by atoms with van der Waals surface area (Å²) < 4.78 is 27.2. The van der Waals surface area contributed by atoms with Crippen LogP contribution in [0.15, 0.2) is 86.6 Å². The van der Waals surface area contributed by atoms with E-state index >= 15 is 0 Å². The van der Waals surface area contributed by atoms with E-state index in [9.17, 15) is 24.3 Å². The van der Waals surface area contributed by atoms with Gasteiger partial charge in [0.25, 0.3) is 0 Å². The average Bonchev–Trinajstić information content (AvgIpc) is 3.50. The molecular weight excluding hydrogens is 544 g/mol. The summed E-state index contributed by atoms with van der Waals surface area (Å²) in [4.78, 5) is 50.7. The van der Waals surface area contributed by atoms with E-state index in [4.69, 9.17) is 23.0 Å². The standard InChI is InChI=1S/C32H22O10/c1-38-31(36)18-10-17(11-19(12-18)32(37)39-2)23-8-9-24(41-23)20-13-26(34)42-25-14-22(33)28-29(35)21(15-40-30(28)27(20)25)16-6-4-3-5-7-16/h3-12,14-15,20,33H,13H2,1-2H3/t20-/m0/s1. The minimum atomic E-state index is -0.743. The molecule has 5 aromatic rings. The van der Waals surface area contributed by atoms with Gasteiger partial charge in [0.2, 0.25) is 5.43 Å². The number of phenols is 1. The number of hydrogen-bond donors (Lipinski definition) is 1. The molecule has 42 heavy (non-hydrogen) atoms. The molecule has 0 bridgehead atoms. The van der Waals surface area contributed by atoms with E-state index in [1.807, 2.05) is 6.07 Å². The van der Waals surface area contributed by atoms with E-state index in [1.54, 1.807) is 36.4 Å². The SMILES string of the molecule is COC(=O)c1cc(C(=O)OC)cc(-c2ccc([C@@H]3CC(=O)Oc4cc(O)c5c(=O)c(-c6ccccc6)coc5c43)o2)c1. The number of rotatable bonds is 5. The highest BCUT2D eigenvalue weighted by molar-refractivity contribution is 5.97. The summed E-state index contributed by atoms with van der Waals surface area (Å²) in [5.41, 5.74) is 1.45. The van der Waals surface area contributed by atoms with Crippen molar-refractivity contribution in [2.24, 2.45) is 0 Å². The Morgan fingerprint density at radius 3 is 2.24 bits per heavy atom. The zero-order valence-corrected chi connectivity index (χ0v) is 22.3. The number of ether oxygens (including phenoxy) is 3. The van der Waals surface area contributed by atoms with Gasteiger partial charge in [0, 0.05) is 17.2 Å². The minimum Gasteiger partial charge on any atom is -0.507 e. The lowest BCUT2D eigenvalue weighted by atomic mass is 9.88. The molecule has 10 heteroatoms. The maximum Gasteiger partial charge on any atom is 0.337 e. The molecule has 1 aliphatic heterocycles. The Balaban J connectivity index is 1.49. The Bertz CT molecular complexity index is 1910. The largest absolute Gasteiger partial charge is 0.507 e. The molecule has 0 fully saturated rings. The highest BCUT2D eigenvalue weighted by atomic mass is 16.5. The Kier molecular flexibility index (Phi) is 6.58. The second-order valence-corrected chi connectivity index (χ2v) is 9.57. The molecule has 0 amide bonds. The van der Waals surface area contributed by atoms with Crippen molar-refractivity contribution in [3.05, 3.63) is 106 Å². The van der Waals surface area contributed by atoms with Crippen LogP contribution < -0.4 is 10.2 Å². The third kappa shape index (κ3) is 4.48. The van der Waals surface area contributed by atoms with E-state index in [-0.39, 0.29) is 51.3 Å². The molecule has 10 nitrogen and oxygen atoms in total. The smallest absolute Gasteiger partial charge is 0.337 e. The average molecular weight is 567 g/mol. The summed E-state index contributed by atoms with van der Waals surface area (Å²) in [6.45, 7) is 0. The van der Waals surface area contributed by atoms with Gasteiger partial charge in [-0.1, -0.05) is 30.3 Å². The molecular formula is C32H22O10. The Hall–Kier alpha value is -5.64. The van der Waals surface area contributed by atoms with Gasteiger partial charge in [-0.05, 0) is 35.9 Å². The predicted molar refractivity (Wildman–Crippen MR) is 149 cm³/mol. The minimum absolute atomic E-state index is 0.0375. The molecule has 1 N–H and O–H groups in total. The second kappa shape index (κ2) is 10.4. The van der Waals surface area contributed by atoms with Gasteiger partial charge in [-0.25, -0.2) is 9.59 Å². The zero-order valence-electron chi connectivity index (χ0n) is 22.3. The molecule has 0 saturated carbocycles. The Labute approximate surface area is 237 Å².